The maximum Gasteiger partial charge on any atom is 0.244 e. The molecule has 0 aromatic heterocycles. The average Bonchev–Trinajstić information content (AvgIpc) is 2.60. The molecule has 0 aliphatic rings. The van der Waals surface area contributed by atoms with Crippen LogP contribution in [0.4, 0.5) is 11.4 Å². The lowest BCUT2D eigenvalue weighted by molar-refractivity contribution is -0.114. The van der Waals surface area contributed by atoms with Gasteiger partial charge in [0.05, 0.1) is 7.11 Å². The summed E-state index contributed by atoms with van der Waals surface area (Å²) in [6.07, 6.45) is 0. The number of anilines is 2. The number of nitrogens with zero attached hydrogens (tertiary/aromatic N) is 1. The van der Waals surface area contributed by atoms with E-state index in [0.717, 1.165) is 11.3 Å². The minimum absolute atomic E-state index is 0.0313. The zero-order valence-corrected chi connectivity index (χ0v) is 16.1. The van der Waals surface area contributed by atoms with Gasteiger partial charge in [0.15, 0.2) is 0 Å². The van der Waals surface area contributed by atoms with Crippen molar-refractivity contribution >= 4 is 27.3 Å². The summed E-state index contributed by atoms with van der Waals surface area (Å²) < 4.78 is 33.1. The minimum atomic E-state index is -3.82. The second kappa shape index (κ2) is 8.20. The Labute approximate surface area is 154 Å². The predicted octanol–water partition coefficient (Wildman–Crippen LogP) is 2.20. The van der Waals surface area contributed by atoms with E-state index < -0.39 is 10.0 Å². The summed E-state index contributed by atoms with van der Waals surface area (Å²) in [7, 11) is 1.45. The number of rotatable bonds is 7. The van der Waals surface area contributed by atoms with Gasteiger partial charge in [-0.1, -0.05) is 12.1 Å². The summed E-state index contributed by atoms with van der Waals surface area (Å²) in [6.45, 7) is 1.50. The van der Waals surface area contributed by atoms with Crippen LogP contribution >= 0.6 is 0 Å². The van der Waals surface area contributed by atoms with Gasteiger partial charge in [-0.05, 0) is 35.9 Å². The summed E-state index contributed by atoms with van der Waals surface area (Å²) in [6, 6.07) is 12.0. The fourth-order valence-corrected chi connectivity index (χ4v) is 3.55. The van der Waals surface area contributed by atoms with Crippen LogP contribution in [0.3, 0.4) is 0 Å². The standard InChI is InChI=1S/C18H23N3O4S/c1-13(22)20-15-7-10-17(25-4)18(11-15)26(23,24)19-12-14-5-8-16(9-6-14)21(2)3/h5-11,19H,12H2,1-4H3,(H,20,22). The van der Waals surface area contributed by atoms with Crippen LogP contribution in [-0.2, 0) is 21.4 Å². The molecule has 0 bridgehead atoms. The molecule has 0 radical (unpaired) electrons. The zero-order valence-electron chi connectivity index (χ0n) is 15.2. The molecule has 2 aromatic carbocycles. The first-order valence-electron chi connectivity index (χ1n) is 7.94. The molecule has 0 aliphatic heterocycles. The molecule has 7 nitrogen and oxygen atoms in total. The number of nitrogens with one attached hydrogen (secondary N) is 2. The van der Waals surface area contributed by atoms with Crippen molar-refractivity contribution < 1.29 is 17.9 Å². The van der Waals surface area contributed by atoms with Crippen molar-refractivity contribution in [1.82, 2.24) is 4.72 Å². The van der Waals surface area contributed by atoms with Gasteiger partial charge in [-0.25, -0.2) is 13.1 Å². The van der Waals surface area contributed by atoms with E-state index >= 15 is 0 Å². The minimum Gasteiger partial charge on any atom is -0.495 e. The normalized spacial score (nSPS) is 11.1. The third-order valence-electron chi connectivity index (χ3n) is 3.69. The monoisotopic (exact) mass is 377 g/mol. The molecule has 0 spiro atoms. The fraction of sp³-hybridized carbons (Fsp3) is 0.278. The lowest BCUT2D eigenvalue weighted by Crippen LogP contribution is -2.24. The van der Waals surface area contributed by atoms with Crippen LogP contribution in [0, 0.1) is 0 Å². The van der Waals surface area contributed by atoms with Gasteiger partial charge in [-0.15, -0.1) is 0 Å². The molecule has 2 N–H and O–H groups in total. The van der Waals surface area contributed by atoms with Gasteiger partial charge in [0, 0.05) is 38.9 Å². The van der Waals surface area contributed by atoms with E-state index in [9.17, 15) is 13.2 Å². The predicted molar refractivity (Wildman–Crippen MR) is 102 cm³/mol. The van der Waals surface area contributed by atoms with Crippen LogP contribution in [0.25, 0.3) is 0 Å². The quantitative estimate of drug-likeness (QED) is 0.772. The lowest BCUT2D eigenvalue weighted by atomic mass is 10.2. The Morgan fingerprint density at radius 3 is 2.31 bits per heavy atom. The second-order valence-corrected chi connectivity index (χ2v) is 7.67. The van der Waals surface area contributed by atoms with Crippen LogP contribution in [0.2, 0.25) is 0 Å². The molecule has 2 aromatic rings. The highest BCUT2D eigenvalue weighted by molar-refractivity contribution is 7.89. The van der Waals surface area contributed by atoms with Crippen molar-refractivity contribution in [2.45, 2.75) is 18.4 Å². The van der Waals surface area contributed by atoms with Crippen molar-refractivity contribution in [3.8, 4) is 5.75 Å². The second-order valence-electron chi connectivity index (χ2n) is 5.93. The van der Waals surface area contributed by atoms with Crippen molar-refractivity contribution in [2.24, 2.45) is 0 Å². The Hall–Kier alpha value is -2.58. The van der Waals surface area contributed by atoms with Crippen molar-refractivity contribution in [2.75, 3.05) is 31.4 Å². The van der Waals surface area contributed by atoms with Crippen LogP contribution in [0.1, 0.15) is 12.5 Å². The number of carbonyl (C=O) groups is 1. The van der Waals surface area contributed by atoms with Gasteiger partial charge in [0.1, 0.15) is 10.6 Å². The number of ether oxygens (including phenoxy) is 1. The van der Waals surface area contributed by atoms with E-state index in [1.165, 1.54) is 26.2 Å². The van der Waals surface area contributed by atoms with E-state index in [0.29, 0.717) is 5.69 Å². The number of methoxy groups -OCH3 is 1. The number of hydrogen-bond acceptors (Lipinski definition) is 5. The maximum absolute atomic E-state index is 12.7. The van der Waals surface area contributed by atoms with Crippen LogP contribution in [0.5, 0.6) is 5.75 Å². The van der Waals surface area contributed by atoms with E-state index in [4.69, 9.17) is 4.74 Å². The van der Waals surface area contributed by atoms with Gasteiger partial charge < -0.3 is 15.0 Å². The molecule has 0 heterocycles. The molecule has 1 amide bonds. The molecular formula is C18H23N3O4S. The first kappa shape index (κ1) is 19.7. The third kappa shape index (κ3) is 4.96. The smallest absolute Gasteiger partial charge is 0.244 e. The van der Waals surface area contributed by atoms with Gasteiger partial charge in [0.25, 0.3) is 0 Å². The molecule has 0 saturated heterocycles. The average molecular weight is 377 g/mol. The Kier molecular flexibility index (Phi) is 6.23. The summed E-state index contributed by atoms with van der Waals surface area (Å²) in [5.41, 5.74) is 2.24. The molecule has 0 aliphatic carbocycles. The summed E-state index contributed by atoms with van der Waals surface area (Å²) in [5, 5.41) is 2.57. The first-order valence-corrected chi connectivity index (χ1v) is 9.43. The molecule has 0 saturated carbocycles. The number of hydrogen-bond donors (Lipinski definition) is 2. The van der Waals surface area contributed by atoms with Crippen LogP contribution in [-0.4, -0.2) is 35.5 Å². The van der Waals surface area contributed by atoms with E-state index in [-0.39, 0.29) is 23.1 Å². The SMILES string of the molecule is COc1ccc(NC(C)=O)cc1S(=O)(=O)NCc1ccc(N(C)C)cc1. The third-order valence-corrected chi connectivity index (χ3v) is 5.12. The van der Waals surface area contributed by atoms with Gasteiger partial charge in [0.2, 0.25) is 15.9 Å². The molecule has 140 valence electrons. The first-order chi connectivity index (χ1) is 12.2. The molecule has 8 heteroatoms. The van der Waals surface area contributed by atoms with E-state index in [2.05, 4.69) is 10.0 Å². The van der Waals surface area contributed by atoms with E-state index in [1.807, 2.05) is 43.3 Å². The number of carbonyl (C=O) groups excluding carboxylic acids is 1. The van der Waals surface area contributed by atoms with Gasteiger partial charge in [-0.2, -0.15) is 0 Å². The number of amides is 1. The highest BCUT2D eigenvalue weighted by Gasteiger charge is 2.20. The lowest BCUT2D eigenvalue weighted by Gasteiger charge is -2.14. The van der Waals surface area contributed by atoms with Crippen molar-refractivity contribution in [3.63, 3.8) is 0 Å². The molecule has 2 rings (SSSR count). The fourth-order valence-electron chi connectivity index (χ4n) is 2.34. The van der Waals surface area contributed by atoms with Crippen LogP contribution < -0.4 is 19.7 Å². The Balaban J connectivity index is 2.21. The summed E-state index contributed by atoms with van der Waals surface area (Å²) in [4.78, 5) is 13.1. The molecule has 26 heavy (non-hydrogen) atoms. The molecule has 0 unspecified atom stereocenters. The molecule has 0 atom stereocenters. The highest BCUT2D eigenvalue weighted by atomic mass is 32.2. The molecule has 0 fully saturated rings. The summed E-state index contributed by atoms with van der Waals surface area (Å²) in [5.74, 6) is -0.0815. The Bertz CT molecular complexity index is 878. The van der Waals surface area contributed by atoms with Gasteiger partial charge >= 0.3 is 0 Å². The van der Waals surface area contributed by atoms with Crippen molar-refractivity contribution in [3.05, 3.63) is 48.0 Å². The number of sulfonamides is 1. The zero-order chi connectivity index (χ0) is 19.3. The van der Waals surface area contributed by atoms with E-state index in [1.54, 1.807) is 6.07 Å². The number of benzene rings is 2. The maximum atomic E-state index is 12.7. The Morgan fingerprint density at radius 2 is 1.77 bits per heavy atom. The van der Waals surface area contributed by atoms with Gasteiger partial charge in [-0.3, -0.25) is 4.79 Å². The highest BCUT2D eigenvalue weighted by Crippen LogP contribution is 2.27. The Morgan fingerprint density at radius 1 is 1.12 bits per heavy atom. The van der Waals surface area contributed by atoms with Crippen LogP contribution in [0.15, 0.2) is 47.4 Å². The topological polar surface area (TPSA) is 87.7 Å². The largest absolute Gasteiger partial charge is 0.495 e. The molecular weight excluding hydrogens is 354 g/mol. The van der Waals surface area contributed by atoms with Crippen molar-refractivity contribution in [1.29, 1.82) is 0 Å². The summed E-state index contributed by atoms with van der Waals surface area (Å²) >= 11 is 0.